The first kappa shape index (κ1) is 21.0. The fourth-order valence-corrected chi connectivity index (χ4v) is 2.65. The third-order valence-electron chi connectivity index (χ3n) is 4.26. The van der Waals surface area contributed by atoms with Gasteiger partial charge in [-0.1, -0.05) is 44.0 Å². The summed E-state index contributed by atoms with van der Waals surface area (Å²) in [6.07, 6.45) is 4.77. The quantitative estimate of drug-likeness (QED) is 0.373. The molecular formula is C23H26N2O3. The van der Waals surface area contributed by atoms with Gasteiger partial charge >= 0.3 is 0 Å². The average molecular weight is 378 g/mol. The standard InChI is InChI=1S/C23H26N2O3/c1-4-5-8-13-28-21-12-11-18(15-22(21)27-3)14-19(16-24)23(26)25-20-10-7-6-9-17(20)2/h6-7,9-12,14-15H,4-5,8,13H2,1-3H3,(H,25,26). The molecule has 0 atom stereocenters. The Kier molecular flexibility index (Phi) is 8.11. The van der Waals surface area contributed by atoms with E-state index in [-0.39, 0.29) is 5.57 Å². The lowest BCUT2D eigenvalue weighted by molar-refractivity contribution is -0.112. The first-order valence-electron chi connectivity index (χ1n) is 9.38. The van der Waals surface area contributed by atoms with Gasteiger partial charge in [0.2, 0.25) is 0 Å². The maximum Gasteiger partial charge on any atom is 0.266 e. The van der Waals surface area contributed by atoms with E-state index in [4.69, 9.17) is 9.47 Å². The summed E-state index contributed by atoms with van der Waals surface area (Å²) >= 11 is 0. The van der Waals surface area contributed by atoms with E-state index in [9.17, 15) is 10.1 Å². The van der Waals surface area contributed by atoms with Crippen LogP contribution in [0.3, 0.4) is 0 Å². The van der Waals surface area contributed by atoms with Crippen LogP contribution < -0.4 is 14.8 Å². The molecule has 0 aliphatic carbocycles. The average Bonchev–Trinajstić information content (AvgIpc) is 2.71. The SMILES string of the molecule is CCCCCOc1ccc(C=C(C#N)C(=O)Nc2ccccc2C)cc1OC. The highest BCUT2D eigenvalue weighted by Crippen LogP contribution is 2.29. The number of nitrogens with one attached hydrogen (secondary N) is 1. The summed E-state index contributed by atoms with van der Waals surface area (Å²) in [6, 6.07) is 14.8. The summed E-state index contributed by atoms with van der Waals surface area (Å²) < 4.78 is 11.2. The molecule has 0 aliphatic heterocycles. The highest BCUT2D eigenvalue weighted by molar-refractivity contribution is 6.10. The van der Waals surface area contributed by atoms with E-state index >= 15 is 0 Å². The number of amides is 1. The second-order valence-corrected chi connectivity index (χ2v) is 6.40. The van der Waals surface area contributed by atoms with Crippen molar-refractivity contribution in [3.8, 4) is 17.6 Å². The van der Waals surface area contributed by atoms with E-state index in [1.165, 1.54) is 6.08 Å². The van der Waals surface area contributed by atoms with Gasteiger partial charge in [0.15, 0.2) is 11.5 Å². The van der Waals surface area contributed by atoms with Crippen LogP contribution in [0.25, 0.3) is 6.08 Å². The van der Waals surface area contributed by atoms with Crippen LogP contribution in [0.15, 0.2) is 48.0 Å². The summed E-state index contributed by atoms with van der Waals surface area (Å²) in [7, 11) is 1.57. The number of nitriles is 1. The molecule has 2 aromatic carbocycles. The van der Waals surface area contributed by atoms with Crippen molar-refractivity contribution in [2.45, 2.75) is 33.1 Å². The topological polar surface area (TPSA) is 71.3 Å². The van der Waals surface area contributed by atoms with Crippen LogP contribution in [0.2, 0.25) is 0 Å². The second-order valence-electron chi connectivity index (χ2n) is 6.40. The van der Waals surface area contributed by atoms with E-state index in [0.717, 1.165) is 24.8 Å². The van der Waals surface area contributed by atoms with E-state index in [1.54, 1.807) is 31.4 Å². The number of nitrogens with zero attached hydrogens (tertiary/aromatic N) is 1. The predicted molar refractivity (Wildman–Crippen MR) is 111 cm³/mol. The van der Waals surface area contributed by atoms with E-state index in [0.29, 0.717) is 29.4 Å². The highest BCUT2D eigenvalue weighted by Gasteiger charge is 2.12. The van der Waals surface area contributed by atoms with Gasteiger partial charge in [-0.15, -0.1) is 0 Å². The molecule has 0 bridgehead atoms. The van der Waals surface area contributed by atoms with Crippen molar-refractivity contribution in [3.05, 3.63) is 59.2 Å². The zero-order valence-electron chi connectivity index (χ0n) is 16.6. The van der Waals surface area contributed by atoms with E-state index < -0.39 is 5.91 Å². The van der Waals surface area contributed by atoms with Crippen molar-refractivity contribution >= 4 is 17.7 Å². The minimum atomic E-state index is -0.448. The first-order chi connectivity index (χ1) is 13.6. The molecule has 146 valence electrons. The van der Waals surface area contributed by atoms with Gasteiger partial charge < -0.3 is 14.8 Å². The van der Waals surface area contributed by atoms with Crippen LogP contribution in [0.4, 0.5) is 5.69 Å². The van der Waals surface area contributed by atoms with Crippen LogP contribution in [-0.4, -0.2) is 19.6 Å². The number of aryl methyl sites for hydroxylation is 1. The molecule has 1 amide bonds. The molecule has 0 fully saturated rings. The van der Waals surface area contributed by atoms with Crippen molar-refractivity contribution in [1.29, 1.82) is 5.26 Å². The number of unbranched alkanes of at least 4 members (excludes halogenated alkanes) is 2. The Morgan fingerprint density at radius 1 is 1.18 bits per heavy atom. The Morgan fingerprint density at radius 3 is 2.64 bits per heavy atom. The van der Waals surface area contributed by atoms with Crippen molar-refractivity contribution < 1.29 is 14.3 Å². The maximum absolute atomic E-state index is 12.5. The number of carbonyl (C=O) groups is 1. The summed E-state index contributed by atoms with van der Waals surface area (Å²) in [4.78, 5) is 12.5. The zero-order chi connectivity index (χ0) is 20.4. The predicted octanol–water partition coefficient (Wildman–Crippen LogP) is 5.12. The number of anilines is 1. The number of carbonyl (C=O) groups excluding carboxylic acids is 1. The number of para-hydroxylation sites is 1. The van der Waals surface area contributed by atoms with Gasteiger partial charge in [0.1, 0.15) is 11.6 Å². The van der Waals surface area contributed by atoms with Crippen LogP contribution in [0, 0.1) is 18.3 Å². The van der Waals surface area contributed by atoms with Gasteiger partial charge in [0, 0.05) is 5.69 Å². The molecular weight excluding hydrogens is 352 g/mol. The van der Waals surface area contributed by atoms with Crippen LogP contribution in [0.1, 0.15) is 37.3 Å². The number of hydrogen-bond acceptors (Lipinski definition) is 4. The minimum Gasteiger partial charge on any atom is -0.493 e. The largest absolute Gasteiger partial charge is 0.493 e. The minimum absolute atomic E-state index is 0.0157. The molecule has 0 saturated heterocycles. The Morgan fingerprint density at radius 2 is 1.96 bits per heavy atom. The lowest BCUT2D eigenvalue weighted by atomic mass is 10.1. The summed E-state index contributed by atoms with van der Waals surface area (Å²) in [5.41, 5.74) is 2.32. The van der Waals surface area contributed by atoms with E-state index in [1.807, 2.05) is 31.2 Å². The number of ether oxygens (including phenoxy) is 2. The lowest BCUT2D eigenvalue weighted by Gasteiger charge is -2.11. The summed E-state index contributed by atoms with van der Waals surface area (Å²) in [5.74, 6) is 0.774. The molecule has 28 heavy (non-hydrogen) atoms. The van der Waals surface area contributed by atoms with Gasteiger partial charge in [-0.25, -0.2) is 0 Å². The molecule has 2 rings (SSSR count). The van der Waals surface area contributed by atoms with Crippen molar-refractivity contribution in [1.82, 2.24) is 0 Å². The van der Waals surface area contributed by atoms with Gasteiger partial charge in [0.25, 0.3) is 5.91 Å². The molecule has 0 unspecified atom stereocenters. The normalized spacial score (nSPS) is 10.9. The van der Waals surface area contributed by atoms with E-state index in [2.05, 4.69) is 12.2 Å². The molecule has 5 nitrogen and oxygen atoms in total. The fraction of sp³-hybridized carbons (Fsp3) is 0.304. The molecule has 1 N–H and O–H groups in total. The Balaban J connectivity index is 2.15. The van der Waals surface area contributed by atoms with Crippen LogP contribution in [0.5, 0.6) is 11.5 Å². The molecule has 0 radical (unpaired) electrons. The molecule has 0 aromatic heterocycles. The van der Waals surface area contributed by atoms with Crippen molar-refractivity contribution in [2.24, 2.45) is 0 Å². The second kappa shape index (κ2) is 10.8. The fourth-order valence-electron chi connectivity index (χ4n) is 2.65. The molecule has 0 aliphatic rings. The third-order valence-corrected chi connectivity index (χ3v) is 4.26. The number of benzene rings is 2. The molecule has 0 heterocycles. The Bertz CT molecular complexity index is 882. The summed E-state index contributed by atoms with van der Waals surface area (Å²) in [5, 5.41) is 12.2. The maximum atomic E-state index is 12.5. The van der Waals surface area contributed by atoms with Crippen molar-refractivity contribution in [3.63, 3.8) is 0 Å². The molecule has 5 heteroatoms. The van der Waals surface area contributed by atoms with Gasteiger partial charge in [0.05, 0.1) is 13.7 Å². The van der Waals surface area contributed by atoms with Gasteiger partial charge in [-0.2, -0.15) is 5.26 Å². The molecule has 2 aromatic rings. The Hall–Kier alpha value is -3.26. The molecule has 0 saturated carbocycles. The number of methoxy groups -OCH3 is 1. The van der Waals surface area contributed by atoms with Crippen LogP contribution >= 0.6 is 0 Å². The number of rotatable bonds is 9. The van der Waals surface area contributed by atoms with Gasteiger partial charge in [-0.3, -0.25) is 4.79 Å². The van der Waals surface area contributed by atoms with Gasteiger partial charge in [-0.05, 0) is 48.7 Å². The van der Waals surface area contributed by atoms with Crippen LogP contribution in [-0.2, 0) is 4.79 Å². The molecule has 0 spiro atoms. The first-order valence-corrected chi connectivity index (χ1v) is 9.38. The lowest BCUT2D eigenvalue weighted by Crippen LogP contribution is -2.14. The monoisotopic (exact) mass is 378 g/mol. The smallest absolute Gasteiger partial charge is 0.266 e. The number of hydrogen-bond donors (Lipinski definition) is 1. The zero-order valence-corrected chi connectivity index (χ0v) is 16.6. The third kappa shape index (κ3) is 5.88. The Labute approximate surface area is 166 Å². The van der Waals surface area contributed by atoms with Crippen molar-refractivity contribution in [2.75, 3.05) is 19.0 Å². The highest BCUT2D eigenvalue weighted by atomic mass is 16.5. The summed E-state index contributed by atoms with van der Waals surface area (Å²) in [6.45, 7) is 4.67.